The van der Waals surface area contributed by atoms with Gasteiger partial charge in [-0.15, -0.1) is 0 Å². The van der Waals surface area contributed by atoms with Gasteiger partial charge in [0.15, 0.2) is 5.76 Å². The van der Waals surface area contributed by atoms with Crippen LogP contribution in [0.25, 0.3) is 11.3 Å². The summed E-state index contributed by atoms with van der Waals surface area (Å²) >= 11 is 6.01. The zero-order valence-corrected chi connectivity index (χ0v) is 15.0. The number of anilines is 2. The van der Waals surface area contributed by atoms with Crippen molar-refractivity contribution in [3.05, 3.63) is 71.4 Å². The van der Waals surface area contributed by atoms with E-state index in [9.17, 15) is 4.79 Å². The summed E-state index contributed by atoms with van der Waals surface area (Å²) in [6.07, 6.45) is 2.48. The Morgan fingerprint density at radius 1 is 1.00 bits per heavy atom. The van der Waals surface area contributed by atoms with Gasteiger partial charge in [-0.05, 0) is 61.4 Å². The van der Waals surface area contributed by atoms with E-state index in [1.54, 1.807) is 24.3 Å². The van der Waals surface area contributed by atoms with Crippen molar-refractivity contribution < 1.29 is 9.21 Å². The van der Waals surface area contributed by atoms with E-state index in [4.69, 9.17) is 16.0 Å². The molecule has 1 aliphatic rings. The molecule has 1 fully saturated rings. The average molecular weight is 367 g/mol. The monoisotopic (exact) mass is 366 g/mol. The number of rotatable bonds is 4. The summed E-state index contributed by atoms with van der Waals surface area (Å²) in [5, 5.41) is 3.50. The number of nitrogens with one attached hydrogen (secondary N) is 1. The molecule has 0 radical (unpaired) electrons. The highest BCUT2D eigenvalue weighted by molar-refractivity contribution is 6.30. The van der Waals surface area contributed by atoms with Gasteiger partial charge >= 0.3 is 0 Å². The molecule has 26 heavy (non-hydrogen) atoms. The van der Waals surface area contributed by atoms with Gasteiger partial charge in [-0.1, -0.05) is 23.7 Å². The molecule has 1 saturated heterocycles. The van der Waals surface area contributed by atoms with Crippen molar-refractivity contribution in [1.82, 2.24) is 0 Å². The SMILES string of the molecule is O=C(Nc1ccc(N2CCCC2)cc1)c1ccc(-c2cccc(Cl)c2)o1. The van der Waals surface area contributed by atoms with Gasteiger partial charge in [0.1, 0.15) is 5.76 Å². The smallest absolute Gasteiger partial charge is 0.291 e. The first-order valence-corrected chi connectivity index (χ1v) is 9.09. The lowest BCUT2D eigenvalue weighted by atomic mass is 10.2. The molecule has 4 nitrogen and oxygen atoms in total. The molecule has 0 atom stereocenters. The number of hydrogen-bond acceptors (Lipinski definition) is 3. The Morgan fingerprint density at radius 2 is 1.77 bits per heavy atom. The third-order valence-electron chi connectivity index (χ3n) is 4.54. The summed E-state index contributed by atoms with van der Waals surface area (Å²) in [7, 11) is 0. The fourth-order valence-corrected chi connectivity index (χ4v) is 3.37. The summed E-state index contributed by atoms with van der Waals surface area (Å²) in [5.74, 6) is 0.609. The van der Waals surface area contributed by atoms with Gasteiger partial charge in [0.05, 0.1) is 0 Å². The molecular formula is C21H19ClN2O2. The van der Waals surface area contributed by atoms with Crippen LogP contribution in [0.4, 0.5) is 11.4 Å². The van der Waals surface area contributed by atoms with Crippen LogP contribution < -0.4 is 10.2 Å². The summed E-state index contributed by atoms with van der Waals surface area (Å²) in [5.41, 5.74) is 2.78. The molecule has 0 unspecified atom stereocenters. The van der Waals surface area contributed by atoms with Gasteiger partial charge in [0, 0.05) is 35.1 Å². The van der Waals surface area contributed by atoms with E-state index in [2.05, 4.69) is 10.2 Å². The molecule has 2 aromatic carbocycles. The second kappa shape index (κ2) is 7.26. The van der Waals surface area contributed by atoms with Crippen molar-refractivity contribution in [2.45, 2.75) is 12.8 Å². The van der Waals surface area contributed by atoms with E-state index >= 15 is 0 Å². The lowest BCUT2D eigenvalue weighted by Crippen LogP contribution is -2.17. The van der Waals surface area contributed by atoms with E-state index in [-0.39, 0.29) is 11.7 Å². The van der Waals surface area contributed by atoms with Crippen LogP contribution in [0.15, 0.2) is 65.1 Å². The third-order valence-corrected chi connectivity index (χ3v) is 4.77. The van der Waals surface area contributed by atoms with Crippen molar-refractivity contribution in [2.75, 3.05) is 23.3 Å². The van der Waals surface area contributed by atoms with Crippen molar-refractivity contribution in [3.8, 4) is 11.3 Å². The predicted molar refractivity (Wildman–Crippen MR) is 105 cm³/mol. The molecule has 0 saturated carbocycles. The number of nitrogens with zero attached hydrogens (tertiary/aromatic N) is 1. The highest BCUT2D eigenvalue weighted by Gasteiger charge is 2.14. The fraction of sp³-hybridized carbons (Fsp3) is 0.190. The van der Waals surface area contributed by atoms with Gasteiger partial charge in [-0.2, -0.15) is 0 Å². The topological polar surface area (TPSA) is 45.5 Å². The van der Waals surface area contributed by atoms with Gasteiger partial charge in [-0.25, -0.2) is 0 Å². The van der Waals surface area contributed by atoms with Gasteiger partial charge in [-0.3, -0.25) is 4.79 Å². The minimum Gasteiger partial charge on any atom is -0.451 e. The summed E-state index contributed by atoms with van der Waals surface area (Å²) in [6.45, 7) is 2.20. The third kappa shape index (κ3) is 3.60. The molecule has 2 heterocycles. The van der Waals surface area contributed by atoms with Crippen molar-refractivity contribution >= 4 is 28.9 Å². The maximum absolute atomic E-state index is 12.4. The quantitative estimate of drug-likeness (QED) is 0.667. The van der Waals surface area contributed by atoms with Crippen LogP contribution in [-0.2, 0) is 0 Å². The van der Waals surface area contributed by atoms with Crippen molar-refractivity contribution in [3.63, 3.8) is 0 Å². The Hall–Kier alpha value is -2.72. The molecule has 0 bridgehead atoms. The number of furan rings is 1. The van der Waals surface area contributed by atoms with Crippen molar-refractivity contribution in [1.29, 1.82) is 0 Å². The van der Waals surface area contributed by atoms with E-state index in [0.29, 0.717) is 10.8 Å². The zero-order chi connectivity index (χ0) is 17.9. The standard InChI is InChI=1S/C21H19ClN2O2/c22-16-5-3-4-15(14-16)19-10-11-20(26-19)21(25)23-17-6-8-18(9-7-17)24-12-1-2-13-24/h3-11,14H,1-2,12-13H2,(H,23,25). The predicted octanol–water partition coefficient (Wildman–Crippen LogP) is 5.45. The molecule has 1 aromatic heterocycles. The lowest BCUT2D eigenvalue weighted by Gasteiger charge is -2.17. The Labute approximate surface area is 157 Å². The van der Waals surface area contributed by atoms with Crippen LogP contribution in [-0.4, -0.2) is 19.0 Å². The second-order valence-corrected chi connectivity index (χ2v) is 6.81. The molecule has 3 aromatic rings. The Bertz CT molecular complexity index is 912. The van der Waals surface area contributed by atoms with Crippen molar-refractivity contribution in [2.24, 2.45) is 0 Å². The van der Waals surface area contributed by atoms with E-state index in [1.165, 1.54) is 18.5 Å². The fourth-order valence-electron chi connectivity index (χ4n) is 3.18. The summed E-state index contributed by atoms with van der Waals surface area (Å²) < 4.78 is 5.68. The van der Waals surface area contributed by atoms with Crippen LogP contribution >= 0.6 is 11.6 Å². The van der Waals surface area contributed by atoms with E-state index in [1.807, 2.05) is 36.4 Å². The van der Waals surface area contributed by atoms with Crippen LogP contribution in [0.1, 0.15) is 23.4 Å². The first kappa shape index (κ1) is 16.7. The first-order valence-electron chi connectivity index (χ1n) is 8.71. The zero-order valence-electron chi connectivity index (χ0n) is 14.2. The normalized spacial score (nSPS) is 13.8. The highest BCUT2D eigenvalue weighted by atomic mass is 35.5. The Morgan fingerprint density at radius 3 is 2.50 bits per heavy atom. The highest BCUT2D eigenvalue weighted by Crippen LogP contribution is 2.26. The minimum absolute atomic E-state index is 0.267. The number of halogens is 1. The Kier molecular flexibility index (Phi) is 4.67. The van der Waals surface area contributed by atoms with Gasteiger partial charge in [0.25, 0.3) is 5.91 Å². The van der Waals surface area contributed by atoms with Gasteiger partial charge < -0.3 is 14.6 Å². The Balaban J connectivity index is 1.45. The number of amides is 1. The molecule has 0 aliphatic carbocycles. The molecule has 1 amide bonds. The van der Waals surface area contributed by atoms with E-state index in [0.717, 1.165) is 24.3 Å². The van der Waals surface area contributed by atoms with E-state index < -0.39 is 0 Å². The van der Waals surface area contributed by atoms with Gasteiger partial charge in [0.2, 0.25) is 0 Å². The lowest BCUT2D eigenvalue weighted by molar-refractivity contribution is 0.0997. The molecule has 4 rings (SSSR count). The molecule has 1 N–H and O–H groups in total. The first-order chi connectivity index (χ1) is 12.7. The largest absolute Gasteiger partial charge is 0.451 e. The summed E-state index contributed by atoms with van der Waals surface area (Å²) in [6, 6.07) is 18.7. The number of carbonyl (C=O) groups is 1. The molecular weight excluding hydrogens is 348 g/mol. The molecule has 5 heteroatoms. The average Bonchev–Trinajstić information content (AvgIpc) is 3.35. The van der Waals surface area contributed by atoms with Crippen LogP contribution in [0, 0.1) is 0 Å². The van der Waals surface area contributed by atoms with Crippen LogP contribution in [0.3, 0.4) is 0 Å². The molecule has 132 valence electrons. The second-order valence-electron chi connectivity index (χ2n) is 6.37. The summed E-state index contributed by atoms with van der Waals surface area (Å²) in [4.78, 5) is 14.8. The van der Waals surface area contributed by atoms with Crippen LogP contribution in [0.5, 0.6) is 0 Å². The maximum atomic E-state index is 12.4. The number of carbonyl (C=O) groups excluding carboxylic acids is 1. The minimum atomic E-state index is -0.271. The number of benzene rings is 2. The molecule has 1 aliphatic heterocycles. The molecule has 0 spiro atoms. The van der Waals surface area contributed by atoms with Crippen LogP contribution in [0.2, 0.25) is 5.02 Å². The maximum Gasteiger partial charge on any atom is 0.291 e. The number of hydrogen-bond donors (Lipinski definition) is 1.